The molecule has 0 aliphatic carbocycles. The van der Waals surface area contributed by atoms with Gasteiger partial charge < -0.3 is 9.32 Å². The Hall–Kier alpha value is -2.35. The Morgan fingerprint density at radius 3 is 2.94 bits per heavy atom. The molecule has 86 valence electrons. The van der Waals surface area contributed by atoms with E-state index in [0.717, 1.165) is 11.3 Å². The Morgan fingerprint density at radius 2 is 2.29 bits per heavy atom. The van der Waals surface area contributed by atoms with Gasteiger partial charge in [0.15, 0.2) is 5.82 Å². The van der Waals surface area contributed by atoms with Crippen molar-refractivity contribution in [1.82, 2.24) is 10.2 Å². The van der Waals surface area contributed by atoms with Gasteiger partial charge in [-0.25, -0.2) is 0 Å². The molecule has 0 saturated heterocycles. The van der Waals surface area contributed by atoms with Gasteiger partial charge in [0.25, 0.3) is 0 Å². The van der Waals surface area contributed by atoms with E-state index in [1.165, 1.54) is 6.20 Å². The third-order valence-corrected chi connectivity index (χ3v) is 2.56. The number of nitrogens with zero attached hydrogens (tertiary/aromatic N) is 4. The molecule has 0 bridgehead atoms. The van der Waals surface area contributed by atoms with Crippen molar-refractivity contribution < 1.29 is 4.42 Å². The molecular weight excluding hydrogens is 216 g/mol. The van der Waals surface area contributed by atoms with E-state index in [1.807, 2.05) is 24.9 Å². The quantitative estimate of drug-likeness (QED) is 0.802. The van der Waals surface area contributed by atoms with Crippen LogP contribution in [0.15, 0.2) is 29.0 Å². The van der Waals surface area contributed by atoms with Crippen molar-refractivity contribution in [3.05, 3.63) is 41.5 Å². The topological polar surface area (TPSA) is 66.0 Å². The lowest BCUT2D eigenvalue weighted by Gasteiger charge is -2.17. The molecule has 0 amide bonds. The van der Waals surface area contributed by atoms with Crippen LogP contribution in [-0.2, 0) is 6.54 Å². The molecule has 0 aromatic carbocycles. The maximum absolute atomic E-state index is 8.99. The summed E-state index contributed by atoms with van der Waals surface area (Å²) in [4.78, 5) is 1.88. The molecule has 0 aliphatic rings. The molecule has 0 radical (unpaired) electrons. The number of rotatable bonds is 3. The van der Waals surface area contributed by atoms with Gasteiger partial charge in [0.2, 0.25) is 0 Å². The molecule has 2 aromatic rings. The molecule has 0 aliphatic heterocycles. The molecule has 2 aromatic heterocycles. The van der Waals surface area contributed by atoms with Gasteiger partial charge >= 0.3 is 0 Å². The van der Waals surface area contributed by atoms with Gasteiger partial charge in [-0.2, -0.15) is 10.4 Å². The third kappa shape index (κ3) is 2.26. The number of hydrogen-bond donors (Lipinski definition) is 0. The summed E-state index contributed by atoms with van der Waals surface area (Å²) in [5.74, 6) is 1.45. The summed E-state index contributed by atoms with van der Waals surface area (Å²) in [6.07, 6.45) is 3.17. The van der Waals surface area contributed by atoms with Gasteiger partial charge in [0.1, 0.15) is 11.8 Å². The van der Waals surface area contributed by atoms with Gasteiger partial charge in [-0.3, -0.25) is 0 Å². The van der Waals surface area contributed by atoms with Gasteiger partial charge in [0, 0.05) is 19.2 Å². The molecule has 0 atom stereocenters. The van der Waals surface area contributed by atoms with Crippen LogP contribution >= 0.6 is 0 Å². The monoisotopic (exact) mass is 228 g/mol. The lowest BCUT2D eigenvalue weighted by Crippen LogP contribution is -2.19. The van der Waals surface area contributed by atoms with Crippen LogP contribution in [0.25, 0.3) is 0 Å². The Bertz CT molecular complexity index is 556. The molecule has 0 saturated carbocycles. The zero-order valence-corrected chi connectivity index (χ0v) is 9.71. The van der Waals surface area contributed by atoms with Crippen molar-refractivity contribution in [3.63, 3.8) is 0 Å². The fraction of sp³-hybridized carbons (Fsp3) is 0.250. The minimum Gasteiger partial charge on any atom is -0.469 e. The minimum atomic E-state index is 0.517. The largest absolute Gasteiger partial charge is 0.469 e. The van der Waals surface area contributed by atoms with E-state index in [2.05, 4.69) is 16.3 Å². The number of hydrogen-bond acceptors (Lipinski definition) is 5. The van der Waals surface area contributed by atoms with Gasteiger partial charge in [-0.05, 0) is 19.1 Å². The van der Waals surface area contributed by atoms with Crippen molar-refractivity contribution >= 4 is 5.82 Å². The van der Waals surface area contributed by atoms with Crippen molar-refractivity contribution in [2.24, 2.45) is 0 Å². The first-order chi connectivity index (χ1) is 8.22. The summed E-state index contributed by atoms with van der Waals surface area (Å²) in [5.41, 5.74) is 1.59. The van der Waals surface area contributed by atoms with E-state index in [4.69, 9.17) is 9.68 Å². The van der Waals surface area contributed by atoms with Gasteiger partial charge in [-0.15, -0.1) is 5.10 Å². The van der Waals surface area contributed by atoms with Crippen LogP contribution in [0.1, 0.15) is 16.9 Å². The summed E-state index contributed by atoms with van der Waals surface area (Å²) in [5, 5.41) is 16.8. The predicted molar refractivity (Wildman–Crippen MR) is 62.3 cm³/mol. The number of anilines is 1. The first-order valence-corrected chi connectivity index (χ1v) is 5.18. The summed E-state index contributed by atoms with van der Waals surface area (Å²) < 4.78 is 5.23. The van der Waals surface area contributed by atoms with E-state index < -0.39 is 0 Å². The summed E-state index contributed by atoms with van der Waals surface area (Å²) >= 11 is 0. The summed E-state index contributed by atoms with van der Waals surface area (Å²) in [6.45, 7) is 2.54. The number of aryl methyl sites for hydroxylation is 1. The lowest BCUT2D eigenvalue weighted by atomic mass is 10.2. The van der Waals surface area contributed by atoms with Crippen LogP contribution in [0.5, 0.6) is 0 Å². The van der Waals surface area contributed by atoms with E-state index in [9.17, 15) is 0 Å². The Kier molecular flexibility index (Phi) is 3.06. The number of furan rings is 1. The molecule has 0 fully saturated rings. The fourth-order valence-corrected chi connectivity index (χ4v) is 1.60. The third-order valence-electron chi connectivity index (χ3n) is 2.56. The Labute approximate surface area is 99.3 Å². The molecule has 0 N–H and O–H groups in total. The van der Waals surface area contributed by atoms with Gasteiger partial charge in [-0.1, -0.05) is 0 Å². The minimum absolute atomic E-state index is 0.517. The lowest BCUT2D eigenvalue weighted by molar-refractivity contribution is 0.529. The summed E-state index contributed by atoms with van der Waals surface area (Å²) in [6, 6.07) is 5.67. The number of nitriles is 1. The highest BCUT2D eigenvalue weighted by atomic mass is 16.3. The second-order valence-electron chi connectivity index (χ2n) is 3.74. The van der Waals surface area contributed by atoms with Crippen LogP contribution in [0.3, 0.4) is 0 Å². The van der Waals surface area contributed by atoms with Crippen LogP contribution in [-0.4, -0.2) is 17.2 Å². The SMILES string of the molecule is Cc1occc1CN(C)c1nnccc1C#N. The van der Waals surface area contributed by atoms with Crippen LogP contribution in [0, 0.1) is 18.3 Å². The fourth-order valence-electron chi connectivity index (χ4n) is 1.60. The van der Waals surface area contributed by atoms with Crippen LogP contribution < -0.4 is 4.90 Å². The molecule has 0 spiro atoms. The first-order valence-electron chi connectivity index (χ1n) is 5.18. The van der Waals surface area contributed by atoms with Crippen LogP contribution in [0.4, 0.5) is 5.82 Å². The van der Waals surface area contributed by atoms with Crippen LogP contribution in [0.2, 0.25) is 0 Å². The predicted octanol–water partition coefficient (Wildman–Crippen LogP) is 1.89. The first kappa shape index (κ1) is 11.1. The maximum Gasteiger partial charge on any atom is 0.169 e. The molecular formula is C12H12N4O. The smallest absolute Gasteiger partial charge is 0.169 e. The zero-order valence-electron chi connectivity index (χ0n) is 9.71. The molecule has 17 heavy (non-hydrogen) atoms. The second-order valence-corrected chi connectivity index (χ2v) is 3.74. The van der Waals surface area contributed by atoms with Crippen molar-refractivity contribution in [1.29, 1.82) is 5.26 Å². The van der Waals surface area contributed by atoms with Crippen molar-refractivity contribution in [2.45, 2.75) is 13.5 Å². The number of aromatic nitrogens is 2. The Morgan fingerprint density at radius 1 is 1.47 bits per heavy atom. The van der Waals surface area contributed by atoms with Crippen molar-refractivity contribution in [3.8, 4) is 6.07 Å². The Balaban J connectivity index is 2.24. The zero-order chi connectivity index (χ0) is 12.3. The molecule has 2 heterocycles. The molecule has 5 heteroatoms. The summed E-state index contributed by atoms with van der Waals surface area (Å²) in [7, 11) is 1.87. The highest BCUT2D eigenvalue weighted by Crippen LogP contribution is 2.18. The van der Waals surface area contributed by atoms with E-state index in [0.29, 0.717) is 17.9 Å². The second kappa shape index (κ2) is 4.66. The van der Waals surface area contributed by atoms with Crippen molar-refractivity contribution in [2.75, 3.05) is 11.9 Å². The normalized spacial score (nSPS) is 9.94. The molecule has 0 unspecified atom stereocenters. The molecule has 5 nitrogen and oxygen atoms in total. The maximum atomic E-state index is 8.99. The average molecular weight is 228 g/mol. The van der Waals surface area contributed by atoms with E-state index >= 15 is 0 Å². The average Bonchev–Trinajstić information content (AvgIpc) is 2.75. The van der Waals surface area contributed by atoms with E-state index in [-0.39, 0.29) is 0 Å². The highest BCUT2D eigenvalue weighted by Gasteiger charge is 2.11. The standard InChI is InChI=1S/C12H12N4O/c1-9-11(4-6-17-9)8-16(2)12-10(7-13)3-5-14-15-12/h3-6H,8H2,1-2H3. The van der Waals surface area contributed by atoms with Gasteiger partial charge in [0.05, 0.1) is 18.0 Å². The highest BCUT2D eigenvalue weighted by molar-refractivity contribution is 5.52. The van der Waals surface area contributed by atoms with E-state index in [1.54, 1.807) is 12.3 Å². The molecule has 2 rings (SSSR count).